The van der Waals surface area contributed by atoms with E-state index in [0.29, 0.717) is 19.4 Å². The summed E-state index contributed by atoms with van der Waals surface area (Å²) in [5, 5.41) is 2.69. The first kappa shape index (κ1) is 14.8. The maximum atomic E-state index is 11.7. The van der Waals surface area contributed by atoms with Gasteiger partial charge in [-0.25, -0.2) is 0 Å². The van der Waals surface area contributed by atoms with Crippen molar-refractivity contribution in [1.82, 2.24) is 5.32 Å². The third kappa shape index (κ3) is 5.36. The second-order valence-corrected chi connectivity index (χ2v) is 5.04. The largest absolute Gasteiger partial charge is 0.352 e. The molecule has 3 nitrogen and oxygen atoms in total. The Balaban J connectivity index is 2.36. The van der Waals surface area contributed by atoms with Gasteiger partial charge in [-0.1, -0.05) is 36.8 Å². The van der Waals surface area contributed by atoms with Gasteiger partial charge < -0.3 is 5.32 Å². The topological polar surface area (TPSA) is 46.2 Å². The summed E-state index contributed by atoms with van der Waals surface area (Å²) in [5.41, 5.74) is 2.28. The van der Waals surface area contributed by atoms with E-state index in [0.717, 1.165) is 5.56 Å². The number of rotatable bonds is 6. The fraction of sp³-hybridized carbons (Fsp3) is 0.429. The Bertz CT molecular complexity index is 414. The molecule has 0 spiro atoms. The van der Waals surface area contributed by atoms with Crippen LogP contribution in [-0.2, 0) is 16.1 Å². The van der Waals surface area contributed by atoms with Crippen molar-refractivity contribution in [2.24, 2.45) is 5.92 Å². The minimum atomic E-state index is -0.173. The highest BCUT2D eigenvalue weighted by Crippen LogP contribution is 2.08. The van der Waals surface area contributed by atoms with Gasteiger partial charge in [-0.15, -0.1) is 12.6 Å². The molecule has 0 fully saturated rings. The third-order valence-electron chi connectivity index (χ3n) is 2.83. The smallest absolute Gasteiger partial charge is 0.223 e. The molecule has 1 atom stereocenters. The maximum Gasteiger partial charge on any atom is 0.223 e. The summed E-state index contributed by atoms with van der Waals surface area (Å²) in [5.74, 6) is -0.184. The van der Waals surface area contributed by atoms with Crippen LogP contribution in [0.1, 0.15) is 30.9 Å². The zero-order chi connectivity index (χ0) is 13.5. The molecule has 0 saturated heterocycles. The van der Waals surface area contributed by atoms with E-state index in [-0.39, 0.29) is 16.9 Å². The highest BCUT2D eigenvalue weighted by atomic mass is 32.1. The highest BCUT2D eigenvalue weighted by molar-refractivity contribution is 7.96. The Labute approximate surface area is 113 Å². The van der Waals surface area contributed by atoms with Crippen LogP contribution >= 0.6 is 12.6 Å². The van der Waals surface area contributed by atoms with E-state index in [2.05, 4.69) is 17.9 Å². The molecule has 0 heterocycles. The standard InChI is InChI=1S/C14H19NO2S/c1-10-3-6-12(7-4-10)9-15-14(17)11(2)5-8-13(16)18/h3-4,6-7,11H,5,8-9H2,1-2H3,(H,15,17)(H,16,18)/t11-/m0/s1. The van der Waals surface area contributed by atoms with Gasteiger partial charge in [0.05, 0.1) is 0 Å². The monoisotopic (exact) mass is 265 g/mol. The van der Waals surface area contributed by atoms with Gasteiger partial charge in [0.15, 0.2) is 5.12 Å². The molecular formula is C14H19NO2S. The van der Waals surface area contributed by atoms with E-state index >= 15 is 0 Å². The third-order valence-corrected chi connectivity index (χ3v) is 3.05. The summed E-state index contributed by atoms with van der Waals surface area (Å²) in [7, 11) is 0. The average Bonchev–Trinajstić information content (AvgIpc) is 2.34. The van der Waals surface area contributed by atoms with E-state index in [9.17, 15) is 9.59 Å². The van der Waals surface area contributed by atoms with Crippen molar-refractivity contribution in [3.8, 4) is 0 Å². The van der Waals surface area contributed by atoms with E-state index in [1.54, 1.807) is 0 Å². The Morgan fingerprint density at radius 1 is 1.28 bits per heavy atom. The molecule has 0 saturated carbocycles. The summed E-state index contributed by atoms with van der Waals surface area (Å²) in [6.45, 7) is 4.37. The van der Waals surface area contributed by atoms with Gasteiger partial charge in [0.2, 0.25) is 5.91 Å². The molecule has 98 valence electrons. The number of nitrogens with one attached hydrogen (secondary N) is 1. The summed E-state index contributed by atoms with van der Waals surface area (Å²) in [4.78, 5) is 22.5. The number of benzene rings is 1. The van der Waals surface area contributed by atoms with Gasteiger partial charge in [0.1, 0.15) is 0 Å². The molecule has 0 aliphatic carbocycles. The Morgan fingerprint density at radius 2 is 1.89 bits per heavy atom. The van der Waals surface area contributed by atoms with Crippen molar-refractivity contribution in [2.45, 2.75) is 33.2 Å². The van der Waals surface area contributed by atoms with Crippen molar-refractivity contribution in [3.05, 3.63) is 35.4 Å². The maximum absolute atomic E-state index is 11.7. The number of carbonyl (C=O) groups is 2. The van der Waals surface area contributed by atoms with Gasteiger partial charge >= 0.3 is 0 Å². The minimum Gasteiger partial charge on any atom is -0.352 e. The molecule has 1 rings (SSSR count). The lowest BCUT2D eigenvalue weighted by atomic mass is 10.1. The fourth-order valence-electron chi connectivity index (χ4n) is 1.54. The number of amides is 1. The normalized spacial score (nSPS) is 11.9. The van der Waals surface area contributed by atoms with Crippen molar-refractivity contribution < 1.29 is 9.59 Å². The predicted octanol–water partition coefficient (Wildman–Crippen LogP) is 2.48. The zero-order valence-electron chi connectivity index (χ0n) is 10.8. The number of hydrogen-bond donors (Lipinski definition) is 2. The Morgan fingerprint density at radius 3 is 2.44 bits per heavy atom. The summed E-state index contributed by atoms with van der Waals surface area (Å²) in [6, 6.07) is 8.03. The number of thiol groups is 1. The molecule has 1 N–H and O–H groups in total. The molecule has 0 aliphatic rings. The number of aryl methyl sites for hydroxylation is 1. The lowest BCUT2D eigenvalue weighted by molar-refractivity contribution is -0.125. The van der Waals surface area contributed by atoms with E-state index in [1.807, 2.05) is 38.1 Å². The van der Waals surface area contributed by atoms with Crippen LogP contribution in [-0.4, -0.2) is 11.0 Å². The van der Waals surface area contributed by atoms with Crippen molar-refractivity contribution >= 4 is 23.7 Å². The van der Waals surface area contributed by atoms with Crippen molar-refractivity contribution in [1.29, 1.82) is 0 Å². The molecule has 0 unspecified atom stereocenters. The molecule has 0 radical (unpaired) electrons. The molecule has 0 bridgehead atoms. The van der Waals surface area contributed by atoms with Crippen LogP contribution in [0.2, 0.25) is 0 Å². The molecular weight excluding hydrogens is 246 g/mol. The molecule has 1 aromatic carbocycles. The second kappa shape index (κ2) is 7.21. The quantitative estimate of drug-likeness (QED) is 0.776. The van der Waals surface area contributed by atoms with E-state index in [4.69, 9.17) is 0 Å². The van der Waals surface area contributed by atoms with Crippen molar-refractivity contribution in [3.63, 3.8) is 0 Å². The lowest BCUT2D eigenvalue weighted by Gasteiger charge is -2.11. The average molecular weight is 265 g/mol. The van der Waals surface area contributed by atoms with Crippen molar-refractivity contribution in [2.75, 3.05) is 0 Å². The summed E-state index contributed by atoms with van der Waals surface area (Å²) >= 11 is 3.69. The molecule has 4 heteroatoms. The first-order valence-electron chi connectivity index (χ1n) is 6.04. The lowest BCUT2D eigenvalue weighted by Crippen LogP contribution is -2.28. The summed E-state index contributed by atoms with van der Waals surface area (Å²) in [6.07, 6.45) is 0.879. The second-order valence-electron chi connectivity index (χ2n) is 4.54. The first-order chi connectivity index (χ1) is 8.49. The van der Waals surface area contributed by atoms with Gasteiger partial charge in [-0.3, -0.25) is 9.59 Å². The van der Waals surface area contributed by atoms with Crippen LogP contribution in [0.4, 0.5) is 0 Å². The summed E-state index contributed by atoms with van der Waals surface area (Å²) < 4.78 is 0. The minimum absolute atomic E-state index is 0.0230. The molecule has 18 heavy (non-hydrogen) atoms. The Kier molecular flexibility index (Phi) is 5.92. The van der Waals surface area contributed by atoms with Crippen LogP contribution in [0.5, 0.6) is 0 Å². The molecule has 0 aromatic heterocycles. The van der Waals surface area contributed by atoms with Crippen LogP contribution in [0.25, 0.3) is 0 Å². The van der Waals surface area contributed by atoms with E-state index in [1.165, 1.54) is 5.56 Å². The SMILES string of the molecule is Cc1ccc(CNC(=O)[C@@H](C)CCC(=O)S)cc1. The predicted molar refractivity (Wildman–Crippen MR) is 75.4 cm³/mol. The fourth-order valence-corrected chi connectivity index (χ4v) is 1.67. The number of carbonyl (C=O) groups excluding carboxylic acids is 2. The van der Waals surface area contributed by atoms with Crippen LogP contribution in [0, 0.1) is 12.8 Å². The van der Waals surface area contributed by atoms with Crippen LogP contribution in [0.15, 0.2) is 24.3 Å². The van der Waals surface area contributed by atoms with Crippen LogP contribution < -0.4 is 5.32 Å². The first-order valence-corrected chi connectivity index (χ1v) is 6.49. The van der Waals surface area contributed by atoms with Gasteiger partial charge in [-0.05, 0) is 18.9 Å². The number of hydrogen-bond acceptors (Lipinski definition) is 2. The zero-order valence-corrected chi connectivity index (χ0v) is 11.7. The van der Waals surface area contributed by atoms with E-state index < -0.39 is 0 Å². The van der Waals surface area contributed by atoms with Gasteiger partial charge in [0, 0.05) is 18.9 Å². The molecule has 0 aliphatic heterocycles. The molecule has 1 aromatic rings. The van der Waals surface area contributed by atoms with Crippen LogP contribution in [0.3, 0.4) is 0 Å². The Hall–Kier alpha value is -1.29. The van der Waals surface area contributed by atoms with Gasteiger partial charge in [-0.2, -0.15) is 0 Å². The molecule has 1 amide bonds. The van der Waals surface area contributed by atoms with Gasteiger partial charge in [0.25, 0.3) is 0 Å². The highest BCUT2D eigenvalue weighted by Gasteiger charge is 2.13.